The van der Waals surface area contributed by atoms with Gasteiger partial charge in [-0.05, 0) is 0 Å². The molecule has 0 radical (unpaired) electrons. The Morgan fingerprint density at radius 3 is 2.00 bits per heavy atom. The predicted molar refractivity (Wildman–Crippen MR) is 44.6 cm³/mol. The minimum Gasteiger partial charge on any atom is -0.106 e. The highest BCUT2D eigenvalue weighted by molar-refractivity contribution is 7.23. The maximum atomic E-state index is 3.00. The van der Waals surface area contributed by atoms with E-state index < -0.39 is 0 Å². The summed E-state index contributed by atoms with van der Waals surface area (Å²) in [5.74, 6) is 0. The minimum atomic E-state index is 1.34. The number of hydrogen-bond donors (Lipinski definition) is 0. The Morgan fingerprint density at radius 2 is 2.00 bits per heavy atom. The normalized spacial score (nSPS) is 5.29. The van der Waals surface area contributed by atoms with Crippen molar-refractivity contribution in [2.24, 2.45) is 0 Å². The van der Waals surface area contributed by atoms with Crippen molar-refractivity contribution in [3.05, 3.63) is 13.2 Å². The maximum absolute atomic E-state index is 3.00. The summed E-state index contributed by atoms with van der Waals surface area (Å²) in [6, 6.07) is 0. The molecule has 0 amide bonds. The third-order valence-corrected chi connectivity index (χ3v) is 0.707. The van der Waals surface area contributed by atoms with Crippen molar-refractivity contribution in [3.8, 4) is 0 Å². The van der Waals surface area contributed by atoms with Crippen LogP contribution in [0.2, 0.25) is 6.32 Å². The van der Waals surface area contributed by atoms with Crippen LogP contribution in [0.25, 0.3) is 0 Å². The van der Waals surface area contributed by atoms with Crippen LogP contribution in [-0.4, -0.2) is 22.0 Å². The van der Waals surface area contributed by atoms with Gasteiger partial charge in [0.1, 0.15) is 0 Å². The second-order valence-electron chi connectivity index (χ2n) is 1.35. The first-order valence-electron chi connectivity index (χ1n) is 2.91. The van der Waals surface area contributed by atoms with Crippen molar-refractivity contribution in [1.82, 2.24) is 0 Å². The topological polar surface area (TPSA) is 0 Å². The lowest BCUT2D eigenvalue weighted by Crippen LogP contribution is -1.98. The Morgan fingerprint density at radius 1 is 1.57 bits per heavy atom. The molecule has 0 bridgehead atoms. The summed E-state index contributed by atoms with van der Waals surface area (Å²) in [4.78, 5) is 0. The molecule has 38 valence electrons. The Kier molecular flexibility index (Phi) is 24.0. The standard InChI is InChI=1S/C2H9B3.C2H4/c1-2-4-5-3;1-2/h4-5H,2-3H2,1H3;1-2H2. The molecule has 3 heteroatoms. The summed E-state index contributed by atoms with van der Waals surface area (Å²) in [7, 11) is 4.94. The molecule has 0 aliphatic rings. The summed E-state index contributed by atoms with van der Waals surface area (Å²) in [6.45, 7) is 8.21. The molecule has 0 aliphatic heterocycles. The SMILES string of the molecule is BBBCC.C=C. The van der Waals surface area contributed by atoms with Gasteiger partial charge in [0.05, 0.1) is 22.0 Å². The zero-order chi connectivity index (χ0) is 6.12. The average Bonchev–Trinajstić information content (AvgIpc) is 1.75. The van der Waals surface area contributed by atoms with E-state index in [4.69, 9.17) is 0 Å². The smallest absolute Gasteiger partial charge is 0.0776 e. The molecule has 0 aromatic heterocycles. The van der Waals surface area contributed by atoms with Gasteiger partial charge in [0.25, 0.3) is 0 Å². The predicted octanol–water partition coefficient (Wildman–Crippen LogP) is -0.437. The van der Waals surface area contributed by atoms with Crippen molar-refractivity contribution in [1.29, 1.82) is 0 Å². The lowest BCUT2D eigenvalue weighted by Gasteiger charge is -1.72. The van der Waals surface area contributed by atoms with Gasteiger partial charge >= 0.3 is 0 Å². The van der Waals surface area contributed by atoms with Crippen molar-refractivity contribution >= 4 is 22.0 Å². The van der Waals surface area contributed by atoms with Crippen LogP contribution in [0.1, 0.15) is 6.92 Å². The van der Waals surface area contributed by atoms with E-state index in [9.17, 15) is 0 Å². The highest BCUT2D eigenvalue weighted by Gasteiger charge is 1.75. The lowest BCUT2D eigenvalue weighted by atomic mass is 9.27. The lowest BCUT2D eigenvalue weighted by molar-refractivity contribution is 1.47. The molecule has 0 unspecified atom stereocenters. The zero-order valence-electron chi connectivity index (χ0n) is 5.54. The molecule has 0 spiro atoms. The number of hydrogen-bond acceptors (Lipinski definition) is 0. The van der Waals surface area contributed by atoms with E-state index in [1.807, 2.05) is 0 Å². The van der Waals surface area contributed by atoms with E-state index >= 15 is 0 Å². The van der Waals surface area contributed by atoms with Crippen molar-refractivity contribution in [3.63, 3.8) is 0 Å². The van der Waals surface area contributed by atoms with Crippen LogP contribution in [0.3, 0.4) is 0 Å². The first kappa shape index (κ1) is 10.0. The average molecular weight is 93.6 g/mol. The highest BCUT2D eigenvalue weighted by atomic mass is 13.3. The van der Waals surface area contributed by atoms with Gasteiger partial charge in [-0.2, -0.15) is 0 Å². The van der Waals surface area contributed by atoms with E-state index in [0.29, 0.717) is 0 Å². The quantitative estimate of drug-likeness (QED) is 0.321. The van der Waals surface area contributed by atoms with Gasteiger partial charge < -0.3 is 0 Å². The second kappa shape index (κ2) is 16.8. The van der Waals surface area contributed by atoms with Gasteiger partial charge in [-0.1, -0.05) is 13.2 Å². The minimum absolute atomic E-state index is 1.34. The molecule has 0 saturated carbocycles. The Balaban J connectivity index is 0. The fourth-order valence-electron chi connectivity index (χ4n) is 0.354. The summed E-state index contributed by atoms with van der Waals surface area (Å²) in [5, 5.41) is 0. The molecule has 0 aromatic carbocycles. The second-order valence-corrected chi connectivity index (χ2v) is 1.35. The van der Waals surface area contributed by atoms with E-state index in [2.05, 4.69) is 27.8 Å². The third-order valence-electron chi connectivity index (χ3n) is 0.707. The third kappa shape index (κ3) is 24.5. The van der Waals surface area contributed by atoms with Gasteiger partial charge in [0, 0.05) is 0 Å². The largest absolute Gasteiger partial charge is 0.106 e. The molecule has 0 rings (SSSR count). The zero-order valence-corrected chi connectivity index (χ0v) is 5.54. The Labute approximate surface area is 49.2 Å². The summed E-state index contributed by atoms with van der Waals surface area (Å²) in [6.07, 6.45) is 1.34. The van der Waals surface area contributed by atoms with Crippen molar-refractivity contribution in [2.45, 2.75) is 13.2 Å². The monoisotopic (exact) mass is 94.1 g/mol. The van der Waals surface area contributed by atoms with Crippen LogP contribution in [0.5, 0.6) is 0 Å². The van der Waals surface area contributed by atoms with E-state index in [1.54, 1.807) is 0 Å². The molecule has 0 atom stereocenters. The molecule has 0 nitrogen and oxygen atoms in total. The van der Waals surface area contributed by atoms with Crippen LogP contribution in [0, 0.1) is 0 Å². The molecule has 7 heavy (non-hydrogen) atoms. The van der Waals surface area contributed by atoms with Crippen molar-refractivity contribution < 1.29 is 0 Å². The van der Waals surface area contributed by atoms with Crippen LogP contribution >= 0.6 is 0 Å². The molecular weight excluding hydrogens is 80.5 g/mol. The van der Waals surface area contributed by atoms with E-state index in [1.165, 1.54) is 20.6 Å². The first-order chi connectivity index (χ1) is 3.41. The molecule has 0 aliphatic carbocycles. The van der Waals surface area contributed by atoms with Gasteiger partial charge in [-0.3, -0.25) is 0 Å². The van der Waals surface area contributed by atoms with Gasteiger partial charge in [-0.25, -0.2) is 0 Å². The molecule has 0 heterocycles. The summed E-state index contributed by atoms with van der Waals surface area (Å²) >= 11 is 0. The highest BCUT2D eigenvalue weighted by Crippen LogP contribution is 1.63. The van der Waals surface area contributed by atoms with Crippen molar-refractivity contribution in [2.75, 3.05) is 0 Å². The maximum Gasteiger partial charge on any atom is 0.0776 e. The van der Waals surface area contributed by atoms with E-state index in [0.717, 1.165) is 0 Å². The number of rotatable bonds is 2. The van der Waals surface area contributed by atoms with Gasteiger partial charge in [0.2, 0.25) is 0 Å². The molecule has 0 saturated heterocycles. The van der Waals surface area contributed by atoms with Crippen LogP contribution in [0.4, 0.5) is 0 Å². The Hall–Kier alpha value is -0.0652. The molecular formula is C4H13B3. The van der Waals surface area contributed by atoms with Crippen LogP contribution in [-0.2, 0) is 0 Å². The summed E-state index contributed by atoms with van der Waals surface area (Å²) < 4.78 is 0. The Bertz CT molecular complexity index is 20.9. The molecule has 0 aromatic rings. The fraction of sp³-hybridized carbons (Fsp3) is 0.500. The van der Waals surface area contributed by atoms with E-state index in [-0.39, 0.29) is 0 Å². The first-order valence-corrected chi connectivity index (χ1v) is 2.91. The molecule has 0 fully saturated rings. The molecule has 0 N–H and O–H groups in total. The van der Waals surface area contributed by atoms with Gasteiger partial charge in [0.15, 0.2) is 0 Å². The summed E-state index contributed by atoms with van der Waals surface area (Å²) in [5.41, 5.74) is 0. The van der Waals surface area contributed by atoms with Gasteiger partial charge in [-0.15, -0.1) is 13.2 Å². The fourth-order valence-corrected chi connectivity index (χ4v) is 0.354. The van der Waals surface area contributed by atoms with Crippen LogP contribution < -0.4 is 0 Å². The van der Waals surface area contributed by atoms with Crippen LogP contribution in [0.15, 0.2) is 13.2 Å².